The van der Waals surface area contributed by atoms with Gasteiger partial charge in [0.05, 0.1) is 6.54 Å². The largest absolute Gasteiger partial charge is 0.457 e. The van der Waals surface area contributed by atoms with Crippen molar-refractivity contribution in [2.75, 3.05) is 13.1 Å². The molecular weight excluding hydrogens is 380 g/mol. The van der Waals surface area contributed by atoms with Gasteiger partial charge in [0.15, 0.2) is 5.78 Å². The molecule has 4 rings (SSSR count). The van der Waals surface area contributed by atoms with Gasteiger partial charge in [0.25, 0.3) is 0 Å². The first-order valence-corrected chi connectivity index (χ1v) is 10.2. The number of Topliss-reactive ketones (excluding diaryl/α,β-unsaturated/α-hetero) is 1. The molecule has 30 heavy (non-hydrogen) atoms. The number of amides is 1. The van der Waals surface area contributed by atoms with Crippen molar-refractivity contribution in [3.63, 3.8) is 0 Å². The van der Waals surface area contributed by atoms with E-state index in [2.05, 4.69) is 10.1 Å². The zero-order valence-corrected chi connectivity index (χ0v) is 16.7. The van der Waals surface area contributed by atoms with Crippen molar-refractivity contribution < 1.29 is 14.3 Å². The van der Waals surface area contributed by atoms with Crippen molar-refractivity contribution in [1.29, 1.82) is 0 Å². The van der Waals surface area contributed by atoms with Gasteiger partial charge in [-0.05, 0) is 49.2 Å². The quantitative estimate of drug-likeness (QED) is 0.563. The molecule has 0 radical (unpaired) electrons. The predicted octanol–water partition coefficient (Wildman–Crippen LogP) is 3.58. The average molecular weight is 404 g/mol. The van der Waals surface area contributed by atoms with Crippen molar-refractivity contribution in [1.82, 2.24) is 19.7 Å². The summed E-state index contributed by atoms with van der Waals surface area (Å²) < 4.78 is 7.43. The van der Waals surface area contributed by atoms with Crippen molar-refractivity contribution in [3.8, 4) is 11.5 Å². The number of aryl methyl sites for hydroxylation is 1. The highest BCUT2D eigenvalue weighted by Crippen LogP contribution is 2.25. The standard InChI is InChI=1S/C23H24N4O3/c28-22(12-14-27-17-24-16-25-27)26-13-4-5-19(15-26)23(29)18-8-10-21(11-9-18)30-20-6-2-1-3-7-20/h1-3,6-11,16-17,19H,4-5,12-15H2/t19-/m0/s1. The molecule has 0 bridgehead atoms. The Morgan fingerprint density at radius 3 is 2.53 bits per heavy atom. The van der Waals surface area contributed by atoms with E-state index in [1.54, 1.807) is 28.0 Å². The minimum atomic E-state index is -0.171. The molecule has 0 aliphatic carbocycles. The summed E-state index contributed by atoms with van der Waals surface area (Å²) >= 11 is 0. The van der Waals surface area contributed by atoms with Gasteiger partial charge in [0, 0.05) is 31.0 Å². The molecule has 0 unspecified atom stereocenters. The van der Waals surface area contributed by atoms with Crippen LogP contribution in [0.3, 0.4) is 0 Å². The molecule has 0 spiro atoms. The van der Waals surface area contributed by atoms with Crippen molar-refractivity contribution in [2.24, 2.45) is 5.92 Å². The maximum atomic E-state index is 13.0. The van der Waals surface area contributed by atoms with Crippen LogP contribution in [0.5, 0.6) is 11.5 Å². The number of likely N-dealkylation sites (tertiary alicyclic amines) is 1. The lowest BCUT2D eigenvalue weighted by atomic mass is 9.90. The summed E-state index contributed by atoms with van der Waals surface area (Å²) in [6.45, 7) is 1.66. The van der Waals surface area contributed by atoms with Gasteiger partial charge in [-0.2, -0.15) is 5.10 Å². The number of carbonyl (C=O) groups excluding carboxylic acids is 2. The molecule has 0 saturated carbocycles. The SMILES string of the molecule is O=C(c1ccc(Oc2ccccc2)cc1)[C@H]1CCCN(C(=O)CCn2cncn2)C1. The Morgan fingerprint density at radius 2 is 1.80 bits per heavy atom. The Balaban J connectivity index is 1.33. The molecule has 7 heteroatoms. The first kappa shape index (κ1) is 19.8. The van der Waals surface area contributed by atoms with Gasteiger partial charge in [-0.15, -0.1) is 0 Å². The molecule has 2 aromatic carbocycles. The van der Waals surface area contributed by atoms with E-state index in [1.165, 1.54) is 6.33 Å². The van der Waals surface area contributed by atoms with Gasteiger partial charge in [0.2, 0.25) is 5.91 Å². The van der Waals surface area contributed by atoms with Crippen LogP contribution in [0, 0.1) is 5.92 Å². The van der Waals surface area contributed by atoms with E-state index in [-0.39, 0.29) is 17.6 Å². The molecule has 154 valence electrons. The Kier molecular flexibility index (Phi) is 6.17. The summed E-state index contributed by atoms with van der Waals surface area (Å²) in [7, 11) is 0. The van der Waals surface area contributed by atoms with E-state index in [0.29, 0.717) is 37.4 Å². The Morgan fingerprint density at radius 1 is 1.03 bits per heavy atom. The molecule has 1 aliphatic rings. The van der Waals surface area contributed by atoms with Gasteiger partial charge in [-0.1, -0.05) is 18.2 Å². The van der Waals surface area contributed by atoms with Crippen LogP contribution in [-0.2, 0) is 11.3 Å². The Labute approximate surface area is 175 Å². The topological polar surface area (TPSA) is 77.3 Å². The molecule has 1 aliphatic heterocycles. The molecule has 1 saturated heterocycles. The lowest BCUT2D eigenvalue weighted by Crippen LogP contribution is -2.42. The zero-order valence-electron chi connectivity index (χ0n) is 16.7. The normalized spacial score (nSPS) is 16.3. The van der Waals surface area contributed by atoms with E-state index < -0.39 is 0 Å². The summed E-state index contributed by atoms with van der Waals surface area (Å²) in [6.07, 6.45) is 5.04. The Hall–Kier alpha value is -3.48. The highest BCUT2D eigenvalue weighted by atomic mass is 16.5. The highest BCUT2D eigenvalue weighted by molar-refractivity contribution is 5.98. The number of benzene rings is 2. The van der Waals surface area contributed by atoms with E-state index in [9.17, 15) is 9.59 Å². The van der Waals surface area contributed by atoms with Gasteiger partial charge >= 0.3 is 0 Å². The fourth-order valence-corrected chi connectivity index (χ4v) is 3.68. The molecule has 1 aromatic heterocycles. The molecule has 1 atom stereocenters. The van der Waals surface area contributed by atoms with Crippen LogP contribution in [0.25, 0.3) is 0 Å². The molecule has 1 amide bonds. The number of rotatable bonds is 7. The third-order valence-electron chi connectivity index (χ3n) is 5.28. The molecule has 0 N–H and O–H groups in total. The number of piperidine rings is 1. The van der Waals surface area contributed by atoms with Crippen molar-refractivity contribution >= 4 is 11.7 Å². The second-order valence-corrected chi connectivity index (χ2v) is 7.39. The smallest absolute Gasteiger partial charge is 0.224 e. The maximum Gasteiger partial charge on any atom is 0.224 e. The predicted molar refractivity (Wildman–Crippen MR) is 111 cm³/mol. The third kappa shape index (κ3) is 4.92. The lowest BCUT2D eigenvalue weighted by Gasteiger charge is -2.32. The molecular formula is C23H24N4O3. The van der Waals surface area contributed by atoms with Crippen LogP contribution in [-0.4, -0.2) is 44.4 Å². The summed E-state index contributed by atoms with van der Waals surface area (Å²) in [5.41, 5.74) is 0.650. The minimum Gasteiger partial charge on any atom is -0.457 e. The fraction of sp³-hybridized carbons (Fsp3) is 0.304. The second kappa shape index (κ2) is 9.35. The second-order valence-electron chi connectivity index (χ2n) is 7.39. The number of nitrogens with zero attached hydrogens (tertiary/aromatic N) is 4. The zero-order chi connectivity index (χ0) is 20.8. The van der Waals surface area contributed by atoms with Crippen LogP contribution < -0.4 is 4.74 Å². The van der Waals surface area contributed by atoms with Crippen LogP contribution in [0.15, 0.2) is 67.3 Å². The summed E-state index contributed by atoms with van der Waals surface area (Å²) in [6, 6.07) is 16.7. The minimum absolute atomic E-state index is 0.0506. The number of ether oxygens (including phenoxy) is 1. The Bertz CT molecular complexity index is 971. The van der Waals surface area contributed by atoms with Crippen LogP contribution in [0.1, 0.15) is 29.6 Å². The maximum absolute atomic E-state index is 13.0. The van der Waals surface area contributed by atoms with E-state index >= 15 is 0 Å². The number of aromatic nitrogens is 3. The van der Waals surface area contributed by atoms with Gasteiger partial charge < -0.3 is 9.64 Å². The number of hydrogen-bond acceptors (Lipinski definition) is 5. The van der Waals surface area contributed by atoms with E-state index in [1.807, 2.05) is 42.5 Å². The average Bonchev–Trinajstić information content (AvgIpc) is 3.32. The highest BCUT2D eigenvalue weighted by Gasteiger charge is 2.28. The van der Waals surface area contributed by atoms with Crippen LogP contribution in [0.4, 0.5) is 0 Å². The number of hydrogen-bond donors (Lipinski definition) is 0. The molecule has 2 heterocycles. The van der Waals surface area contributed by atoms with Gasteiger partial charge in [-0.3, -0.25) is 14.3 Å². The van der Waals surface area contributed by atoms with E-state index in [4.69, 9.17) is 4.74 Å². The molecule has 3 aromatic rings. The number of para-hydroxylation sites is 1. The summed E-state index contributed by atoms with van der Waals surface area (Å²) in [5.74, 6) is 1.40. The van der Waals surface area contributed by atoms with Crippen LogP contribution >= 0.6 is 0 Å². The van der Waals surface area contributed by atoms with E-state index in [0.717, 1.165) is 18.6 Å². The summed E-state index contributed by atoms with van der Waals surface area (Å²) in [4.78, 5) is 31.2. The summed E-state index contributed by atoms with van der Waals surface area (Å²) in [5, 5.41) is 4.02. The van der Waals surface area contributed by atoms with Gasteiger partial charge in [0.1, 0.15) is 24.2 Å². The number of ketones is 1. The van der Waals surface area contributed by atoms with Crippen molar-refractivity contribution in [3.05, 3.63) is 72.8 Å². The fourth-order valence-electron chi connectivity index (χ4n) is 3.68. The molecule has 1 fully saturated rings. The van der Waals surface area contributed by atoms with Crippen LogP contribution in [0.2, 0.25) is 0 Å². The lowest BCUT2D eigenvalue weighted by molar-refractivity contribution is -0.132. The third-order valence-corrected chi connectivity index (χ3v) is 5.28. The number of carbonyl (C=O) groups is 2. The monoisotopic (exact) mass is 404 g/mol. The molecule has 7 nitrogen and oxygen atoms in total. The first-order valence-electron chi connectivity index (χ1n) is 10.2. The van der Waals surface area contributed by atoms with Gasteiger partial charge in [-0.25, -0.2) is 4.98 Å². The van der Waals surface area contributed by atoms with Crippen molar-refractivity contribution in [2.45, 2.75) is 25.8 Å². The first-order chi connectivity index (χ1) is 14.7.